The minimum absolute atomic E-state index is 0.00201. The number of unbranched alkanes of at least 4 members (excludes halogenated alkanes) is 1. The Morgan fingerprint density at radius 2 is 1.53 bits per heavy atom. The number of aliphatic hydroxyl groups is 1. The topological polar surface area (TPSA) is 23.5 Å². The van der Waals surface area contributed by atoms with E-state index in [1.165, 1.54) is 25.7 Å². The molecule has 1 atom stereocenters. The van der Waals surface area contributed by atoms with Gasteiger partial charge in [0, 0.05) is 5.54 Å². The first kappa shape index (κ1) is 14.9. The highest BCUT2D eigenvalue weighted by molar-refractivity contribution is 4.85. The van der Waals surface area contributed by atoms with E-state index < -0.39 is 0 Å². The first-order chi connectivity index (χ1) is 7.14. The maximum Gasteiger partial charge on any atom is 0.0612 e. The molecule has 2 heteroatoms. The van der Waals surface area contributed by atoms with Crippen LogP contribution in [0.1, 0.15) is 59.8 Å². The third-order valence-corrected chi connectivity index (χ3v) is 3.16. The quantitative estimate of drug-likeness (QED) is 0.639. The van der Waals surface area contributed by atoms with Gasteiger partial charge < -0.3 is 5.11 Å². The summed E-state index contributed by atoms with van der Waals surface area (Å²) in [5, 5.41) is 9.59. The molecular formula is C13H29NO. The van der Waals surface area contributed by atoms with Gasteiger partial charge in [0.05, 0.1) is 6.61 Å². The van der Waals surface area contributed by atoms with Crippen molar-refractivity contribution in [3.63, 3.8) is 0 Å². The summed E-state index contributed by atoms with van der Waals surface area (Å²) in [5.74, 6) is 0. The Morgan fingerprint density at radius 3 is 1.87 bits per heavy atom. The molecule has 0 saturated heterocycles. The lowest BCUT2D eigenvalue weighted by molar-refractivity contribution is 0.0342. The van der Waals surface area contributed by atoms with Gasteiger partial charge in [-0.25, -0.2) is 0 Å². The van der Waals surface area contributed by atoms with Gasteiger partial charge in [0.25, 0.3) is 0 Å². The van der Waals surface area contributed by atoms with Gasteiger partial charge >= 0.3 is 0 Å². The Morgan fingerprint density at radius 1 is 1.00 bits per heavy atom. The molecule has 1 unspecified atom stereocenters. The Balaban J connectivity index is 4.37. The molecule has 0 bridgehead atoms. The molecule has 0 fully saturated rings. The predicted molar refractivity (Wildman–Crippen MR) is 67.2 cm³/mol. The maximum atomic E-state index is 9.59. The average molecular weight is 215 g/mol. The lowest BCUT2D eigenvalue weighted by Crippen LogP contribution is -2.50. The summed E-state index contributed by atoms with van der Waals surface area (Å²) in [5.41, 5.74) is 0.00201. The summed E-state index contributed by atoms with van der Waals surface area (Å²) >= 11 is 0. The summed E-state index contributed by atoms with van der Waals surface area (Å²) in [7, 11) is 0. The zero-order chi connectivity index (χ0) is 11.7. The highest BCUT2D eigenvalue weighted by atomic mass is 16.3. The summed E-state index contributed by atoms with van der Waals surface area (Å²) < 4.78 is 0. The van der Waals surface area contributed by atoms with Crippen LogP contribution in [0.15, 0.2) is 0 Å². The third-order valence-electron chi connectivity index (χ3n) is 3.16. The van der Waals surface area contributed by atoms with Gasteiger partial charge in [-0.2, -0.15) is 0 Å². The lowest BCUT2D eigenvalue weighted by atomic mass is 9.93. The molecule has 0 aromatic heterocycles. The molecule has 92 valence electrons. The highest BCUT2D eigenvalue weighted by Gasteiger charge is 2.29. The SMILES string of the molecule is CCCCC(C)(CO)N(CCC)CCC. The van der Waals surface area contributed by atoms with Crippen LogP contribution >= 0.6 is 0 Å². The van der Waals surface area contributed by atoms with E-state index in [-0.39, 0.29) is 12.1 Å². The number of rotatable bonds is 9. The van der Waals surface area contributed by atoms with E-state index in [1.54, 1.807) is 0 Å². The van der Waals surface area contributed by atoms with Crippen molar-refractivity contribution in [1.82, 2.24) is 4.90 Å². The number of nitrogens with zero attached hydrogens (tertiary/aromatic N) is 1. The van der Waals surface area contributed by atoms with Crippen LogP contribution in [-0.4, -0.2) is 35.2 Å². The molecule has 15 heavy (non-hydrogen) atoms. The molecular weight excluding hydrogens is 186 g/mol. The van der Waals surface area contributed by atoms with E-state index in [0.29, 0.717) is 0 Å². The maximum absolute atomic E-state index is 9.59. The second-order valence-corrected chi connectivity index (χ2v) is 4.75. The van der Waals surface area contributed by atoms with E-state index in [0.717, 1.165) is 19.5 Å². The molecule has 2 nitrogen and oxygen atoms in total. The second-order valence-electron chi connectivity index (χ2n) is 4.75. The average Bonchev–Trinajstić information content (AvgIpc) is 2.25. The van der Waals surface area contributed by atoms with Crippen molar-refractivity contribution in [3.05, 3.63) is 0 Å². The van der Waals surface area contributed by atoms with Crippen LogP contribution in [0.4, 0.5) is 0 Å². The molecule has 0 radical (unpaired) electrons. The van der Waals surface area contributed by atoms with E-state index in [2.05, 4.69) is 32.6 Å². The smallest absolute Gasteiger partial charge is 0.0612 e. The molecule has 0 aliphatic carbocycles. The molecule has 0 rings (SSSR count). The molecule has 0 aromatic carbocycles. The Labute approximate surface area is 95.7 Å². The fourth-order valence-electron chi connectivity index (χ4n) is 2.09. The van der Waals surface area contributed by atoms with Gasteiger partial charge in [0.1, 0.15) is 0 Å². The van der Waals surface area contributed by atoms with Crippen molar-refractivity contribution in [3.8, 4) is 0 Å². The Kier molecular flexibility index (Phi) is 8.07. The van der Waals surface area contributed by atoms with Crippen molar-refractivity contribution >= 4 is 0 Å². The minimum Gasteiger partial charge on any atom is -0.394 e. The number of hydrogen-bond acceptors (Lipinski definition) is 2. The van der Waals surface area contributed by atoms with Crippen LogP contribution in [0.25, 0.3) is 0 Å². The van der Waals surface area contributed by atoms with Crippen molar-refractivity contribution in [2.75, 3.05) is 19.7 Å². The monoisotopic (exact) mass is 215 g/mol. The predicted octanol–water partition coefficient (Wildman–Crippen LogP) is 3.05. The largest absolute Gasteiger partial charge is 0.394 e. The van der Waals surface area contributed by atoms with E-state index in [9.17, 15) is 5.11 Å². The van der Waals surface area contributed by atoms with Crippen molar-refractivity contribution in [2.45, 2.75) is 65.3 Å². The normalized spacial score (nSPS) is 15.6. The lowest BCUT2D eigenvalue weighted by Gasteiger charge is -2.40. The Bertz CT molecular complexity index is 143. The Hall–Kier alpha value is -0.0800. The van der Waals surface area contributed by atoms with Crippen LogP contribution in [0.3, 0.4) is 0 Å². The molecule has 0 heterocycles. The summed E-state index contributed by atoms with van der Waals surface area (Å²) in [4.78, 5) is 2.46. The standard InChI is InChI=1S/C13H29NO/c1-5-8-9-13(4,12-15)14(10-6-2)11-7-3/h15H,5-12H2,1-4H3. The molecule has 0 aromatic rings. The van der Waals surface area contributed by atoms with Gasteiger partial charge in [0.2, 0.25) is 0 Å². The molecule has 0 spiro atoms. The molecule has 1 N–H and O–H groups in total. The van der Waals surface area contributed by atoms with Crippen molar-refractivity contribution in [2.24, 2.45) is 0 Å². The van der Waals surface area contributed by atoms with E-state index >= 15 is 0 Å². The summed E-state index contributed by atoms with van der Waals surface area (Å²) in [6.07, 6.45) is 5.87. The van der Waals surface area contributed by atoms with E-state index in [1.807, 2.05) is 0 Å². The molecule has 0 amide bonds. The van der Waals surface area contributed by atoms with Gasteiger partial charge in [-0.05, 0) is 39.3 Å². The molecule has 0 saturated carbocycles. The van der Waals surface area contributed by atoms with E-state index in [4.69, 9.17) is 0 Å². The fourth-order valence-corrected chi connectivity index (χ4v) is 2.09. The van der Waals surface area contributed by atoms with Gasteiger partial charge in [-0.1, -0.05) is 33.6 Å². The second kappa shape index (κ2) is 8.12. The molecule has 0 aliphatic rings. The fraction of sp³-hybridized carbons (Fsp3) is 1.00. The first-order valence-electron chi connectivity index (χ1n) is 6.50. The van der Waals surface area contributed by atoms with Crippen molar-refractivity contribution < 1.29 is 5.11 Å². The minimum atomic E-state index is 0.00201. The van der Waals surface area contributed by atoms with Crippen LogP contribution in [0.2, 0.25) is 0 Å². The number of hydrogen-bond donors (Lipinski definition) is 1. The number of aliphatic hydroxyl groups excluding tert-OH is 1. The zero-order valence-electron chi connectivity index (χ0n) is 11.1. The highest BCUT2D eigenvalue weighted by Crippen LogP contribution is 2.22. The van der Waals surface area contributed by atoms with Crippen molar-refractivity contribution in [1.29, 1.82) is 0 Å². The first-order valence-corrected chi connectivity index (χ1v) is 6.50. The van der Waals surface area contributed by atoms with Crippen LogP contribution in [0.5, 0.6) is 0 Å². The summed E-state index contributed by atoms with van der Waals surface area (Å²) in [6.45, 7) is 11.3. The van der Waals surface area contributed by atoms with Crippen LogP contribution < -0.4 is 0 Å². The van der Waals surface area contributed by atoms with Crippen LogP contribution in [-0.2, 0) is 0 Å². The zero-order valence-corrected chi connectivity index (χ0v) is 11.1. The van der Waals surface area contributed by atoms with Gasteiger partial charge in [0.15, 0.2) is 0 Å². The van der Waals surface area contributed by atoms with Gasteiger partial charge in [-0.15, -0.1) is 0 Å². The summed E-state index contributed by atoms with van der Waals surface area (Å²) in [6, 6.07) is 0. The molecule has 0 aliphatic heterocycles. The third kappa shape index (κ3) is 4.98. The van der Waals surface area contributed by atoms with Gasteiger partial charge in [-0.3, -0.25) is 4.90 Å². The van der Waals surface area contributed by atoms with Crippen LogP contribution in [0, 0.1) is 0 Å².